The quantitative estimate of drug-likeness (QED) is 0.546. The van der Waals surface area contributed by atoms with E-state index in [-0.39, 0.29) is 16.1 Å². The number of hydrogen-bond acceptors (Lipinski definition) is 5. The minimum atomic E-state index is -3.90. The average Bonchev–Trinajstić information content (AvgIpc) is 2.91. The van der Waals surface area contributed by atoms with Gasteiger partial charge in [0.05, 0.1) is 21.5 Å². The lowest BCUT2D eigenvalue weighted by Crippen LogP contribution is -2.14. The summed E-state index contributed by atoms with van der Waals surface area (Å²) in [5.74, 6) is 0. The summed E-state index contributed by atoms with van der Waals surface area (Å²) >= 11 is 0. The molecule has 1 heterocycles. The SMILES string of the molecule is Cc1ccc(S(=O)(=O)n2ncc3ccc([N+](=O)[O-])cc32)cc1. The van der Waals surface area contributed by atoms with Crippen molar-refractivity contribution in [3.05, 3.63) is 64.3 Å². The molecule has 0 atom stereocenters. The molecule has 0 saturated carbocycles. The van der Waals surface area contributed by atoms with E-state index in [0.29, 0.717) is 5.39 Å². The van der Waals surface area contributed by atoms with Crippen molar-refractivity contribution in [1.29, 1.82) is 0 Å². The number of rotatable bonds is 3. The monoisotopic (exact) mass is 317 g/mol. The number of non-ortho nitro benzene ring substituents is 1. The zero-order chi connectivity index (χ0) is 15.9. The van der Waals surface area contributed by atoms with Crippen LogP contribution in [0.4, 0.5) is 5.69 Å². The molecule has 0 aliphatic carbocycles. The number of benzene rings is 2. The van der Waals surface area contributed by atoms with Crippen LogP contribution in [0, 0.1) is 17.0 Å². The van der Waals surface area contributed by atoms with Crippen molar-refractivity contribution in [2.45, 2.75) is 11.8 Å². The van der Waals surface area contributed by atoms with E-state index in [2.05, 4.69) is 5.10 Å². The maximum Gasteiger partial charge on any atom is 0.283 e. The van der Waals surface area contributed by atoms with E-state index in [1.807, 2.05) is 6.92 Å². The van der Waals surface area contributed by atoms with Gasteiger partial charge in [-0.3, -0.25) is 10.1 Å². The molecule has 0 unspecified atom stereocenters. The van der Waals surface area contributed by atoms with Crippen LogP contribution in [-0.2, 0) is 10.0 Å². The third kappa shape index (κ3) is 2.23. The van der Waals surface area contributed by atoms with Crippen LogP contribution >= 0.6 is 0 Å². The van der Waals surface area contributed by atoms with Crippen molar-refractivity contribution in [3.63, 3.8) is 0 Å². The molecule has 0 N–H and O–H groups in total. The molecule has 0 radical (unpaired) electrons. The zero-order valence-corrected chi connectivity index (χ0v) is 12.3. The molecule has 1 aromatic heterocycles. The summed E-state index contributed by atoms with van der Waals surface area (Å²) in [6.07, 6.45) is 1.37. The van der Waals surface area contributed by atoms with Crippen LogP contribution in [0.25, 0.3) is 10.9 Å². The van der Waals surface area contributed by atoms with E-state index >= 15 is 0 Å². The third-order valence-corrected chi connectivity index (χ3v) is 4.89. The van der Waals surface area contributed by atoms with Crippen LogP contribution in [0.5, 0.6) is 0 Å². The number of aromatic nitrogens is 2. The normalized spacial score (nSPS) is 11.7. The molecule has 7 nitrogen and oxygen atoms in total. The second kappa shape index (κ2) is 4.92. The topological polar surface area (TPSA) is 95.1 Å². The molecule has 0 bridgehead atoms. The molecular formula is C14H11N3O4S. The number of hydrogen-bond donors (Lipinski definition) is 0. The lowest BCUT2D eigenvalue weighted by Gasteiger charge is -2.06. The largest absolute Gasteiger partial charge is 0.283 e. The zero-order valence-electron chi connectivity index (χ0n) is 11.5. The fraction of sp³-hybridized carbons (Fsp3) is 0.0714. The average molecular weight is 317 g/mol. The fourth-order valence-electron chi connectivity index (χ4n) is 2.10. The summed E-state index contributed by atoms with van der Waals surface area (Å²) in [6, 6.07) is 10.3. The molecule has 0 spiro atoms. The summed E-state index contributed by atoms with van der Waals surface area (Å²) < 4.78 is 26.1. The molecule has 8 heteroatoms. The number of nitro groups is 1. The Labute approximate surface area is 126 Å². The highest BCUT2D eigenvalue weighted by Crippen LogP contribution is 2.24. The van der Waals surface area contributed by atoms with Crippen LogP contribution in [-0.4, -0.2) is 22.5 Å². The predicted octanol–water partition coefficient (Wildman–Crippen LogP) is 2.49. The molecule has 0 aliphatic rings. The van der Waals surface area contributed by atoms with E-state index < -0.39 is 14.9 Å². The van der Waals surface area contributed by atoms with E-state index in [1.54, 1.807) is 12.1 Å². The van der Waals surface area contributed by atoms with E-state index in [1.165, 1.54) is 36.5 Å². The summed E-state index contributed by atoms with van der Waals surface area (Å²) in [5.41, 5.74) is 0.919. The van der Waals surface area contributed by atoms with Crippen molar-refractivity contribution in [2.24, 2.45) is 0 Å². The molecular weight excluding hydrogens is 306 g/mol. The lowest BCUT2D eigenvalue weighted by molar-refractivity contribution is -0.384. The van der Waals surface area contributed by atoms with Crippen molar-refractivity contribution < 1.29 is 13.3 Å². The number of nitrogens with zero attached hydrogens (tertiary/aromatic N) is 3. The molecule has 0 aliphatic heterocycles. The summed E-state index contributed by atoms with van der Waals surface area (Å²) in [6.45, 7) is 1.85. The highest BCUT2D eigenvalue weighted by atomic mass is 32.2. The Balaban J connectivity index is 2.22. The number of aryl methyl sites for hydroxylation is 1. The van der Waals surface area contributed by atoms with Gasteiger partial charge in [0.25, 0.3) is 15.7 Å². The molecule has 3 aromatic rings. The van der Waals surface area contributed by atoms with Gasteiger partial charge >= 0.3 is 0 Å². The highest BCUT2D eigenvalue weighted by Gasteiger charge is 2.21. The van der Waals surface area contributed by atoms with Crippen molar-refractivity contribution in [2.75, 3.05) is 0 Å². The van der Waals surface area contributed by atoms with Gasteiger partial charge in [-0.2, -0.15) is 17.6 Å². The Kier molecular flexibility index (Phi) is 3.18. The summed E-state index contributed by atoms with van der Waals surface area (Å²) in [7, 11) is -3.90. The number of nitro benzene ring substituents is 1. The summed E-state index contributed by atoms with van der Waals surface area (Å²) in [5, 5.41) is 15.2. The fourth-order valence-corrected chi connectivity index (χ4v) is 3.37. The molecule has 2 aromatic carbocycles. The number of fused-ring (bicyclic) bond motifs is 1. The molecule has 22 heavy (non-hydrogen) atoms. The smallest absolute Gasteiger partial charge is 0.258 e. The first-order valence-electron chi connectivity index (χ1n) is 6.34. The first-order valence-corrected chi connectivity index (χ1v) is 7.78. The van der Waals surface area contributed by atoms with Gasteiger partial charge in [-0.1, -0.05) is 17.7 Å². The molecule has 3 rings (SSSR count). The standard InChI is InChI=1S/C14H11N3O4S/c1-10-2-6-13(7-3-10)22(20,21)16-14-8-12(17(18)19)5-4-11(14)9-15-16/h2-9H,1H3. The van der Waals surface area contributed by atoms with E-state index in [4.69, 9.17) is 0 Å². The Morgan fingerprint density at radius 1 is 1.14 bits per heavy atom. The second-order valence-corrected chi connectivity index (χ2v) is 6.57. The minimum absolute atomic E-state index is 0.0783. The minimum Gasteiger partial charge on any atom is -0.258 e. The van der Waals surface area contributed by atoms with Crippen molar-refractivity contribution >= 4 is 26.6 Å². The van der Waals surface area contributed by atoms with Crippen LogP contribution in [0.1, 0.15) is 5.56 Å². The van der Waals surface area contributed by atoms with Gasteiger partial charge in [-0.15, -0.1) is 0 Å². The van der Waals surface area contributed by atoms with Gasteiger partial charge in [0, 0.05) is 17.5 Å². The van der Waals surface area contributed by atoms with Crippen LogP contribution in [0.3, 0.4) is 0 Å². The molecule has 0 saturated heterocycles. The van der Waals surface area contributed by atoms with Crippen LogP contribution < -0.4 is 0 Å². The molecule has 0 fully saturated rings. The Hall–Kier alpha value is -2.74. The highest BCUT2D eigenvalue weighted by molar-refractivity contribution is 7.90. The molecule has 0 amide bonds. The predicted molar refractivity (Wildman–Crippen MR) is 80.2 cm³/mol. The summed E-state index contributed by atoms with van der Waals surface area (Å²) in [4.78, 5) is 10.4. The first-order chi connectivity index (χ1) is 10.4. The maximum absolute atomic E-state index is 12.6. The van der Waals surface area contributed by atoms with Crippen LogP contribution in [0.15, 0.2) is 53.6 Å². The molecule has 112 valence electrons. The van der Waals surface area contributed by atoms with Crippen molar-refractivity contribution in [1.82, 2.24) is 9.19 Å². The first kappa shape index (κ1) is 14.2. The van der Waals surface area contributed by atoms with Gasteiger partial charge < -0.3 is 0 Å². The van der Waals surface area contributed by atoms with Crippen LogP contribution in [0.2, 0.25) is 0 Å². The van der Waals surface area contributed by atoms with Gasteiger partial charge in [0.2, 0.25) is 0 Å². The Morgan fingerprint density at radius 2 is 1.82 bits per heavy atom. The van der Waals surface area contributed by atoms with Gasteiger partial charge in [-0.05, 0) is 25.1 Å². The second-order valence-electron chi connectivity index (χ2n) is 4.81. The Morgan fingerprint density at radius 3 is 2.45 bits per heavy atom. The lowest BCUT2D eigenvalue weighted by atomic mass is 10.2. The van der Waals surface area contributed by atoms with Gasteiger partial charge in [-0.25, -0.2) is 0 Å². The van der Waals surface area contributed by atoms with E-state index in [0.717, 1.165) is 9.65 Å². The van der Waals surface area contributed by atoms with Gasteiger partial charge in [0.1, 0.15) is 0 Å². The van der Waals surface area contributed by atoms with Crippen molar-refractivity contribution in [3.8, 4) is 0 Å². The Bertz CT molecular complexity index is 975. The maximum atomic E-state index is 12.6. The van der Waals surface area contributed by atoms with Gasteiger partial charge in [0.15, 0.2) is 0 Å². The van der Waals surface area contributed by atoms with E-state index in [9.17, 15) is 18.5 Å². The third-order valence-electron chi connectivity index (χ3n) is 3.28.